The first-order chi connectivity index (χ1) is 11.1. The number of fused-ring (bicyclic) bond motifs is 1. The number of hydrogen-bond donors (Lipinski definition) is 2. The standard InChI is InChI=1S/C16H18N4O3/c1-11-9-14(23-19-11)16(22)18-17-15(21)10-20-8-4-6-12-5-2-3-7-13(12)20/h2-3,5,7,9H,4,6,8,10H2,1H3,(H,17,21)(H,18,22). The highest BCUT2D eigenvalue weighted by atomic mass is 16.5. The van der Waals surface area contributed by atoms with Crippen LogP contribution < -0.4 is 15.8 Å². The highest BCUT2D eigenvalue weighted by molar-refractivity contribution is 5.93. The van der Waals surface area contributed by atoms with Crippen LogP contribution in [0, 0.1) is 6.92 Å². The molecular formula is C16H18N4O3. The molecule has 0 atom stereocenters. The molecule has 120 valence electrons. The second kappa shape index (κ2) is 6.51. The predicted molar refractivity (Wildman–Crippen MR) is 83.8 cm³/mol. The van der Waals surface area contributed by atoms with Gasteiger partial charge in [0.15, 0.2) is 0 Å². The van der Waals surface area contributed by atoms with E-state index in [9.17, 15) is 9.59 Å². The first-order valence-corrected chi connectivity index (χ1v) is 7.49. The van der Waals surface area contributed by atoms with Crippen LogP contribution in [0.4, 0.5) is 5.69 Å². The minimum atomic E-state index is -0.530. The predicted octanol–water partition coefficient (Wildman–Crippen LogP) is 1.20. The van der Waals surface area contributed by atoms with Crippen LogP contribution in [0.3, 0.4) is 0 Å². The van der Waals surface area contributed by atoms with Gasteiger partial charge in [-0.25, -0.2) is 0 Å². The van der Waals surface area contributed by atoms with E-state index in [0.29, 0.717) is 5.69 Å². The molecule has 0 saturated carbocycles. The van der Waals surface area contributed by atoms with Gasteiger partial charge < -0.3 is 9.42 Å². The average Bonchev–Trinajstić information content (AvgIpc) is 2.99. The Morgan fingerprint density at radius 2 is 2.13 bits per heavy atom. The molecule has 0 spiro atoms. The van der Waals surface area contributed by atoms with Crippen molar-refractivity contribution in [1.29, 1.82) is 0 Å². The number of nitrogens with zero attached hydrogens (tertiary/aromatic N) is 2. The van der Waals surface area contributed by atoms with Gasteiger partial charge in [-0.05, 0) is 31.4 Å². The van der Waals surface area contributed by atoms with E-state index in [4.69, 9.17) is 4.52 Å². The van der Waals surface area contributed by atoms with Gasteiger partial charge in [-0.2, -0.15) is 0 Å². The molecule has 1 aromatic heterocycles. The summed E-state index contributed by atoms with van der Waals surface area (Å²) in [5, 5.41) is 3.63. The van der Waals surface area contributed by atoms with Crippen LogP contribution in [-0.2, 0) is 11.2 Å². The van der Waals surface area contributed by atoms with Crippen LogP contribution in [0.1, 0.15) is 28.2 Å². The van der Waals surface area contributed by atoms with Crippen LogP contribution in [0.5, 0.6) is 0 Å². The molecule has 0 aliphatic carbocycles. The van der Waals surface area contributed by atoms with Crippen molar-refractivity contribution in [2.75, 3.05) is 18.0 Å². The molecule has 2 N–H and O–H groups in total. The number of benzene rings is 1. The van der Waals surface area contributed by atoms with E-state index >= 15 is 0 Å². The van der Waals surface area contributed by atoms with Crippen LogP contribution in [0.2, 0.25) is 0 Å². The summed E-state index contributed by atoms with van der Waals surface area (Å²) < 4.78 is 4.83. The van der Waals surface area contributed by atoms with Gasteiger partial charge >= 0.3 is 5.91 Å². The van der Waals surface area contributed by atoms with Crippen LogP contribution in [0.25, 0.3) is 0 Å². The number of rotatable bonds is 3. The minimum Gasteiger partial charge on any atom is -0.362 e. The van der Waals surface area contributed by atoms with E-state index in [1.54, 1.807) is 6.92 Å². The summed E-state index contributed by atoms with van der Waals surface area (Å²) in [4.78, 5) is 25.8. The fourth-order valence-corrected chi connectivity index (χ4v) is 2.65. The van der Waals surface area contributed by atoms with Crippen molar-refractivity contribution in [1.82, 2.24) is 16.0 Å². The number of carbonyl (C=O) groups excluding carboxylic acids is 2. The minimum absolute atomic E-state index is 0.0612. The zero-order valence-corrected chi connectivity index (χ0v) is 12.8. The first kappa shape index (κ1) is 15.1. The molecule has 7 heteroatoms. The fraction of sp³-hybridized carbons (Fsp3) is 0.312. The van der Waals surface area contributed by atoms with Gasteiger partial charge in [0.1, 0.15) is 0 Å². The summed E-state index contributed by atoms with van der Waals surface area (Å²) in [6.07, 6.45) is 2.03. The van der Waals surface area contributed by atoms with E-state index in [2.05, 4.69) is 22.1 Å². The van der Waals surface area contributed by atoms with Crippen molar-refractivity contribution in [2.45, 2.75) is 19.8 Å². The van der Waals surface area contributed by atoms with Crippen molar-refractivity contribution in [3.63, 3.8) is 0 Å². The smallest absolute Gasteiger partial charge is 0.308 e. The number of para-hydroxylation sites is 1. The zero-order valence-electron chi connectivity index (χ0n) is 12.8. The Kier molecular flexibility index (Phi) is 4.27. The Balaban J connectivity index is 1.55. The largest absolute Gasteiger partial charge is 0.362 e. The Bertz CT molecular complexity index is 726. The lowest BCUT2D eigenvalue weighted by molar-refractivity contribution is -0.120. The molecule has 1 aliphatic rings. The van der Waals surface area contributed by atoms with Crippen LogP contribution >= 0.6 is 0 Å². The molecule has 0 radical (unpaired) electrons. The molecule has 0 fully saturated rings. The third kappa shape index (κ3) is 3.50. The summed E-state index contributed by atoms with van der Waals surface area (Å²) in [6.45, 7) is 2.72. The molecule has 2 amide bonds. The van der Waals surface area contributed by atoms with Gasteiger partial charge in [0, 0.05) is 18.3 Å². The summed E-state index contributed by atoms with van der Waals surface area (Å²) in [5.74, 6) is -0.754. The van der Waals surface area contributed by atoms with Gasteiger partial charge in [0.25, 0.3) is 5.91 Å². The summed E-state index contributed by atoms with van der Waals surface area (Å²) in [5.41, 5.74) is 7.65. The van der Waals surface area contributed by atoms with E-state index in [1.807, 2.05) is 23.1 Å². The average molecular weight is 314 g/mol. The van der Waals surface area contributed by atoms with Gasteiger partial charge in [0.05, 0.1) is 12.2 Å². The van der Waals surface area contributed by atoms with Crippen LogP contribution in [-0.4, -0.2) is 30.1 Å². The number of carbonyl (C=O) groups is 2. The Morgan fingerprint density at radius 1 is 1.30 bits per heavy atom. The maximum atomic E-state index is 12.0. The molecule has 1 aromatic carbocycles. The fourth-order valence-electron chi connectivity index (χ4n) is 2.65. The molecule has 7 nitrogen and oxygen atoms in total. The first-order valence-electron chi connectivity index (χ1n) is 7.49. The van der Waals surface area contributed by atoms with Crippen molar-refractivity contribution < 1.29 is 14.1 Å². The molecule has 3 rings (SSSR count). The quantitative estimate of drug-likeness (QED) is 0.831. The summed E-state index contributed by atoms with van der Waals surface area (Å²) >= 11 is 0. The number of aryl methyl sites for hydroxylation is 2. The second-order valence-electron chi connectivity index (χ2n) is 5.49. The van der Waals surface area contributed by atoms with E-state index in [1.165, 1.54) is 11.6 Å². The molecule has 23 heavy (non-hydrogen) atoms. The molecule has 1 aliphatic heterocycles. The maximum absolute atomic E-state index is 12.0. The Morgan fingerprint density at radius 3 is 2.91 bits per heavy atom. The van der Waals surface area contributed by atoms with E-state index in [0.717, 1.165) is 25.1 Å². The maximum Gasteiger partial charge on any atom is 0.308 e. The third-order valence-corrected chi connectivity index (χ3v) is 3.71. The van der Waals surface area contributed by atoms with Crippen molar-refractivity contribution in [3.05, 3.63) is 47.3 Å². The van der Waals surface area contributed by atoms with Crippen molar-refractivity contribution in [3.8, 4) is 0 Å². The van der Waals surface area contributed by atoms with Gasteiger partial charge in [-0.1, -0.05) is 23.4 Å². The lowest BCUT2D eigenvalue weighted by atomic mass is 10.0. The third-order valence-electron chi connectivity index (χ3n) is 3.71. The number of nitrogens with one attached hydrogen (secondary N) is 2. The zero-order chi connectivity index (χ0) is 16.2. The lowest BCUT2D eigenvalue weighted by Crippen LogP contribution is -2.47. The van der Waals surface area contributed by atoms with Crippen LogP contribution in [0.15, 0.2) is 34.9 Å². The van der Waals surface area contributed by atoms with Gasteiger partial charge in [-0.3, -0.25) is 20.4 Å². The molecule has 0 bridgehead atoms. The monoisotopic (exact) mass is 314 g/mol. The van der Waals surface area contributed by atoms with Crippen molar-refractivity contribution in [2.24, 2.45) is 0 Å². The van der Waals surface area contributed by atoms with E-state index in [-0.39, 0.29) is 18.2 Å². The number of anilines is 1. The normalized spacial score (nSPS) is 13.3. The Labute approximate surface area is 133 Å². The molecule has 0 unspecified atom stereocenters. The highest BCUT2D eigenvalue weighted by Gasteiger charge is 2.19. The number of hydrazine groups is 1. The Hall–Kier alpha value is -2.83. The SMILES string of the molecule is Cc1cc(C(=O)NNC(=O)CN2CCCc3ccccc32)on1. The number of hydrogen-bond acceptors (Lipinski definition) is 5. The number of amides is 2. The molecular weight excluding hydrogens is 296 g/mol. The second-order valence-corrected chi connectivity index (χ2v) is 5.49. The highest BCUT2D eigenvalue weighted by Crippen LogP contribution is 2.26. The van der Waals surface area contributed by atoms with Crippen molar-refractivity contribution >= 4 is 17.5 Å². The molecule has 0 saturated heterocycles. The topological polar surface area (TPSA) is 87.5 Å². The summed E-state index contributed by atoms with van der Waals surface area (Å²) in [7, 11) is 0. The summed E-state index contributed by atoms with van der Waals surface area (Å²) in [6, 6.07) is 9.55. The molecule has 2 aromatic rings. The lowest BCUT2D eigenvalue weighted by Gasteiger charge is -2.30. The van der Waals surface area contributed by atoms with E-state index < -0.39 is 5.91 Å². The number of aromatic nitrogens is 1. The van der Waals surface area contributed by atoms with Gasteiger partial charge in [-0.15, -0.1) is 0 Å². The molecule has 2 heterocycles. The van der Waals surface area contributed by atoms with Gasteiger partial charge in [0.2, 0.25) is 5.76 Å².